The summed E-state index contributed by atoms with van der Waals surface area (Å²) in [5, 5.41) is 3.65. The van der Waals surface area contributed by atoms with Crippen molar-refractivity contribution in [3.63, 3.8) is 0 Å². The van der Waals surface area contributed by atoms with Gasteiger partial charge in [-0.1, -0.05) is 0 Å². The molecule has 0 aromatic heterocycles. The number of hydrogen-bond donors (Lipinski definition) is 1. The number of rotatable bonds is 1. The molecule has 2 aliphatic heterocycles. The fourth-order valence-electron chi connectivity index (χ4n) is 3.12. The minimum absolute atomic E-state index is 0.707. The zero-order valence-corrected chi connectivity index (χ0v) is 9.09. The van der Waals surface area contributed by atoms with Crippen LogP contribution in [0.5, 0.6) is 0 Å². The van der Waals surface area contributed by atoms with Crippen LogP contribution in [-0.2, 0) is 0 Å². The maximum atomic E-state index is 3.65. The molecule has 2 nitrogen and oxygen atoms in total. The highest BCUT2D eigenvalue weighted by molar-refractivity contribution is 4.96. The summed E-state index contributed by atoms with van der Waals surface area (Å²) in [7, 11) is 0. The van der Waals surface area contributed by atoms with Gasteiger partial charge in [0, 0.05) is 18.1 Å². The fraction of sp³-hybridized carbons (Fsp3) is 1.00. The largest absolute Gasteiger partial charge is 0.312 e. The van der Waals surface area contributed by atoms with E-state index in [0.717, 1.165) is 18.0 Å². The van der Waals surface area contributed by atoms with E-state index in [2.05, 4.69) is 31.0 Å². The Hall–Kier alpha value is -0.0800. The molecule has 2 aliphatic rings. The van der Waals surface area contributed by atoms with E-state index in [1.165, 1.54) is 25.9 Å². The monoisotopic (exact) mass is 182 g/mol. The third-order valence-corrected chi connectivity index (χ3v) is 3.87. The zero-order chi connectivity index (χ0) is 9.42. The molecule has 1 N–H and O–H groups in total. The molecule has 0 saturated carbocycles. The molecule has 0 aliphatic carbocycles. The summed E-state index contributed by atoms with van der Waals surface area (Å²) in [5.74, 6) is 0.963. The summed E-state index contributed by atoms with van der Waals surface area (Å²) < 4.78 is 0. The van der Waals surface area contributed by atoms with Gasteiger partial charge in [-0.3, -0.25) is 4.90 Å². The summed E-state index contributed by atoms with van der Waals surface area (Å²) in [5.41, 5.74) is 0. The number of nitrogens with one attached hydrogen (secondary N) is 1. The molecule has 76 valence electrons. The fourth-order valence-corrected chi connectivity index (χ4v) is 3.12. The molecule has 2 heterocycles. The van der Waals surface area contributed by atoms with Gasteiger partial charge in [-0.25, -0.2) is 0 Å². The lowest BCUT2D eigenvalue weighted by molar-refractivity contribution is 0.0753. The SMILES string of the molecule is CC(C)N1CCC2CCNC2C1C. The van der Waals surface area contributed by atoms with Crippen molar-refractivity contribution in [2.45, 2.75) is 51.7 Å². The molecule has 13 heavy (non-hydrogen) atoms. The van der Waals surface area contributed by atoms with E-state index in [0.29, 0.717) is 6.04 Å². The highest BCUT2D eigenvalue weighted by atomic mass is 15.2. The molecular formula is C11H22N2. The highest BCUT2D eigenvalue weighted by Gasteiger charge is 2.38. The lowest BCUT2D eigenvalue weighted by Crippen LogP contribution is -2.55. The van der Waals surface area contributed by atoms with Crippen LogP contribution in [0.2, 0.25) is 0 Å². The Balaban J connectivity index is 2.04. The van der Waals surface area contributed by atoms with E-state index < -0.39 is 0 Å². The first-order chi connectivity index (χ1) is 6.20. The van der Waals surface area contributed by atoms with Crippen molar-refractivity contribution in [1.82, 2.24) is 10.2 Å². The van der Waals surface area contributed by atoms with Crippen LogP contribution in [0.4, 0.5) is 0 Å². The second-order valence-electron chi connectivity index (χ2n) is 4.89. The minimum Gasteiger partial charge on any atom is -0.312 e. The standard InChI is InChI=1S/C11H22N2/c1-8(2)13-7-5-10-4-6-12-11(10)9(13)3/h8-12H,4-7H2,1-3H3. The number of hydrogen-bond acceptors (Lipinski definition) is 2. The van der Waals surface area contributed by atoms with Gasteiger partial charge in [-0.15, -0.1) is 0 Å². The molecule has 0 aromatic carbocycles. The molecule has 2 rings (SSSR count). The van der Waals surface area contributed by atoms with Crippen molar-refractivity contribution in [1.29, 1.82) is 0 Å². The predicted octanol–water partition coefficient (Wildman–Crippen LogP) is 1.47. The summed E-state index contributed by atoms with van der Waals surface area (Å²) in [6.45, 7) is 9.56. The van der Waals surface area contributed by atoms with Crippen LogP contribution in [0.25, 0.3) is 0 Å². The first-order valence-electron chi connectivity index (χ1n) is 5.69. The number of likely N-dealkylation sites (tertiary alicyclic amines) is 1. The predicted molar refractivity (Wildman–Crippen MR) is 55.8 cm³/mol. The van der Waals surface area contributed by atoms with Gasteiger partial charge in [0.15, 0.2) is 0 Å². The molecule has 3 atom stereocenters. The second kappa shape index (κ2) is 3.58. The van der Waals surface area contributed by atoms with Gasteiger partial charge in [-0.2, -0.15) is 0 Å². The normalized spacial score (nSPS) is 41.1. The molecule has 0 aromatic rings. The van der Waals surface area contributed by atoms with Crippen LogP contribution in [0.15, 0.2) is 0 Å². The maximum absolute atomic E-state index is 3.65. The van der Waals surface area contributed by atoms with E-state index >= 15 is 0 Å². The summed E-state index contributed by atoms with van der Waals surface area (Å²) in [4.78, 5) is 2.64. The van der Waals surface area contributed by atoms with Gasteiger partial charge < -0.3 is 5.32 Å². The van der Waals surface area contributed by atoms with Crippen molar-refractivity contribution in [3.05, 3.63) is 0 Å². The van der Waals surface area contributed by atoms with Gasteiger partial charge in [0.2, 0.25) is 0 Å². The van der Waals surface area contributed by atoms with Gasteiger partial charge >= 0.3 is 0 Å². The molecule has 3 unspecified atom stereocenters. The molecule has 2 heteroatoms. The molecule has 0 bridgehead atoms. The zero-order valence-electron chi connectivity index (χ0n) is 9.09. The van der Waals surface area contributed by atoms with E-state index in [4.69, 9.17) is 0 Å². The van der Waals surface area contributed by atoms with Crippen molar-refractivity contribution >= 4 is 0 Å². The lowest BCUT2D eigenvalue weighted by atomic mass is 9.86. The van der Waals surface area contributed by atoms with E-state index in [1.807, 2.05) is 0 Å². The van der Waals surface area contributed by atoms with E-state index in [1.54, 1.807) is 0 Å². The summed E-state index contributed by atoms with van der Waals surface area (Å²) in [6.07, 6.45) is 2.81. The van der Waals surface area contributed by atoms with Gasteiger partial charge in [0.05, 0.1) is 0 Å². The first kappa shape index (κ1) is 9.47. The van der Waals surface area contributed by atoms with Crippen LogP contribution in [0.3, 0.4) is 0 Å². The second-order valence-corrected chi connectivity index (χ2v) is 4.89. The molecule has 0 radical (unpaired) electrons. The quantitative estimate of drug-likeness (QED) is 0.660. The van der Waals surface area contributed by atoms with Crippen molar-refractivity contribution < 1.29 is 0 Å². The lowest BCUT2D eigenvalue weighted by Gasteiger charge is -2.43. The van der Waals surface area contributed by atoms with Crippen molar-refractivity contribution in [2.75, 3.05) is 13.1 Å². The molecular weight excluding hydrogens is 160 g/mol. The Bertz CT molecular complexity index is 177. The third kappa shape index (κ3) is 1.62. The van der Waals surface area contributed by atoms with Gasteiger partial charge in [-0.05, 0) is 52.6 Å². The molecule has 2 saturated heterocycles. The van der Waals surface area contributed by atoms with Crippen LogP contribution >= 0.6 is 0 Å². The third-order valence-electron chi connectivity index (χ3n) is 3.87. The topological polar surface area (TPSA) is 15.3 Å². The first-order valence-corrected chi connectivity index (χ1v) is 5.69. The molecule has 0 spiro atoms. The minimum atomic E-state index is 0.707. The van der Waals surface area contributed by atoms with Crippen molar-refractivity contribution in [2.24, 2.45) is 5.92 Å². The van der Waals surface area contributed by atoms with E-state index in [9.17, 15) is 0 Å². The number of fused-ring (bicyclic) bond motifs is 1. The van der Waals surface area contributed by atoms with E-state index in [-0.39, 0.29) is 0 Å². The smallest absolute Gasteiger partial charge is 0.0250 e. The Morgan fingerprint density at radius 1 is 1.31 bits per heavy atom. The van der Waals surface area contributed by atoms with Crippen LogP contribution in [-0.4, -0.2) is 36.1 Å². The van der Waals surface area contributed by atoms with Crippen LogP contribution < -0.4 is 5.32 Å². The number of piperidine rings is 1. The van der Waals surface area contributed by atoms with Crippen molar-refractivity contribution in [3.8, 4) is 0 Å². The summed E-state index contributed by atoms with van der Waals surface area (Å²) in [6, 6.07) is 2.22. The maximum Gasteiger partial charge on any atom is 0.0250 e. The van der Waals surface area contributed by atoms with Gasteiger partial charge in [0.25, 0.3) is 0 Å². The Morgan fingerprint density at radius 2 is 2.08 bits per heavy atom. The average molecular weight is 182 g/mol. The molecule has 0 amide bonds. The summed E-state index contributed by atoms with van der Waals surface area (Å²) >= 11 is 0. The molecule has 2 fully saturated rings. The van der Waals surface area contributed by atoms with Gasteiger partial charge in [0.1, 0.15) is 0 Å². The highest BCUT2D eigenvalue weighted by Crippen LogP contribution is 2.30. The van der Waals surface area contributed by atoms with Crippen LogP contribution in [0.1, 0.15) is 33.6 Å². The number of nitrogens with zero attached hydrogens (tertiary/aromatic N) is 1. The average Bonchev–Trinajstić information content (AvgIpc) is 2.52. The Labute approximate surface area is 81.7 Å². The Morgan fingerprint density at radius 3 is 2.77 bits per heavy atom. The Kier molecular flexibility index (Phi) is 2.61. The van der Waals surface area contributed by atoms with Crippen LogP contribution in [0, 0.1) is 5.92 Å².